The molecule has 0 aliphatic rings. The van der Waals surface area contributed by atoms with Gasteiger partial charge in [-0.05, 0) is 95.9 Å². The zero-order valence-corrected chi connectivity index (χ0v) is 25.6. The van der Waals surface area contributed by atoms with Crippen LogP contribution in [0, 0.1) is 0 Å². The smallest absolute Gasteiger partial charge is 0.0999 e. The van der Waals surface area contributed by atoms with E-state index in [0.29, 0.717) is 0 Å². The van der Waals surface area contributed by atoms with Crippen molar-refractivity contribution in [3.05, 3.63) is 149 Å². The van der Waals surface area contributed by atoms with Crippen molar-refractivity contribution in [3.63, 3.8) is 0 Å². The molecule has 1 aromatic heterocycles. The van der Waals surface area contributed by atoms with E-state index in [1.807, 2.05) is 0 Å². The highest BCUT2D eigenvalue weighted by atomic mass is 79.9. The van der Waals surface area contributed by atoms with E-state index in [9.17, 15) is 0 Å². The van der Waals surface area contributed by atoms with E-state index in [0.717, 1.165) is 20.5 Å². The van der Waals surface area contributed by atoms with Crippen LogP contribution in [0.25, 0.3) is 43.9 Å². The summed E-state index contributed by atoms with van der Waals surface area (Å²) in [5, 5.41) is 3.66. The van der Waals surface area contributed by atoms with Gasteiger partial charge in [-0.3, -0.25) is 0 Å². The highest BCUT2D eigenvalue weighted by Gasteiger charge is 2.15. The second-order valence-electron chi connectivity index (χ2n) is 10.2. The van der Waals surface area contributed by atoms with Gasteiger partial charge in [-0.1, -0.05) is 103 Å². The summed E-state index contributed by atoms with van der Waals surface area (Å²) < 4.78 is 4.30. The van der Waals surface area contributed by atoms with E-state index in [1.165, 1.54) is 49.6 Å². The summed E-state index contributed by atoms with van der Waals surface area (Å²) in [4.78, 5) is 2.34. The lowest BCUT2D eigenvalue weighted by Crippen LogP contribution is -2.10. The molecule has 6 aromatic carbocycles. The summed E-state index contributed by atoms with van der Waals surface area (Å²) in [6.07, 6.45) is 0. The Morgan fingerprint density at radius 1 is 0.512 bits per heavy atom. The van der Waals surface area contributed by atoms with Gasteiger partial charge in [0.05, 0.1) is 20.3 Å². The summed E-state index contributed by atoms with van der Waals surface area (Å²) in [5.74, 6) is 0. The quantitative estimate of drug-likeness (QED) is 0.179. The number of halogens is 2. The van der Waals surface area contributed by atoms with E-state index < -0.39 is 0 Å². The molecule has 4 heteroatoms. The van der Waals surface area contributed by atoms with Gasteiger partial charge in [0.15, 0.2) is 0 Å². The third kappa shape index (κ3) is 4.67. The number of aromatic nitrogens is 1. The van der Waals surface area contributed by atoms with Crippen LogP contribution in [0.4, 0.5) is 17.1 Å². The second kappa shape index (κ2) is 10.7. The zero-order valence-electron chi connectivity index (χ0n) is 22.4. The predicted molar refractivity (Wildman–Crippen MR) is 181 cm³/mol. The Morgan fingerprint density at radius 2 is 1.07 bits per heavy atom. The lowest BCUT2D eigenvalue weighted by atomic mass is 9.99. The fourth-order valence-electron chi connectivity index (χ4n) is 5.60. The first-order valence-corrected chi connectivity index (χ1v) is 15.1. The van der Waals surface area contributed by atoms with Gasteiger partial charge in [0.2, 0.25) is 0 Å². The Bertz CT molecular complexity index is 2000. The first-order chi connectivity index (χ1) is 20.1. The number of hydrogen-bond acceptors (Lipinski definition) is 1. The molecule has 7 rings (SSSR count). The summed E-state index contributed by atoms with van der Waals surface area (Å²) >= 11 is 7.37. The Balaban J connectivity index is 1.22. The van der Waals surface area contributed by atoms with Crippen LogP contribution in [-0.4, -0.2) is 4.57 Å². The SMILES string of the molecule is Cn1c(Br)c(Br)c2ccc(-c3ccc(-c4ccc(N(c5ccccc5)c5cccc6ccccc56)cc4)cc3)cc21. The summed E-state index contributed by atoms with van der Waals surface area (Å²) in [7, 11) is 2.08. The van der Waals surface area contributed by atoms with Crippen LogP contribution in [0.1, 0.15) is 0 Å². The van der Waals surface area contributed by atoms with Crippen LogP contribution < -0.4 is 4.90 Å². The fraction of sp³-hybridized carbons (Fsp3) is 0.0270. The van der Waals surface area contributed by atoms with Crippen LogP contribution in [0.3, 0.4) is 0 Å². The van der Waals surface area contributed by atoms with Crippen molar-refractivity contribution in [1.29, 1.82) is 0 Å². The third-order valence-electron chi connectivity index (χ3n) is 7.77. The van der Waals surface area contributed by atoms with Crippen molar-refractivity contribution >= 4 is 70.6 Å². The molecule has 0 unspecified atom stereocenters. The molecular weight excluding hydrogens is 632 g/mol. The minimum Gasteiger partial charge on any atom is -0.337 e. The van der Waals surface area contributed by atoms with E-state index in [-0.39, 0.29) is 0 Å². The number of fused-ring (bicyclic) bond motifs is 2. The van der Waals surface area contributed by atoms with E-state index in [4.69, 9.17) is 0 Å². The van der Waals surface area contributed by atoms with Crippen LogP contribution in [0.2, 0.25) is 0 Å². The van der Waals surface area contributed by atoms with Crippen LogP contribution >= 0.6 is 31.9 Å². The molecule has 0 spiro atoms. The van der Waals surface area contributed by atoms with E-state index >= 15 is 0 Å². The molecule has 1 heterocycles. The lowest BCUT2D eigenvalue weighted by molar-refractivity contribution is 0.937. The number of para-hydroxylation sites is 1. The highest BCUT2D eigenvalue weighted by molar-refractivity contribution is 9.13. The van der Waals surface area contributed by atoms with Crippen LogP contribution in [-0.2, 0) is 7.05 Å². The molecule has 0 radical (unpaired) electrons. The standard InChI is InChI=1S/C37H26Br2N2/c1-40-35-24-29(20-23-33(35)36(38)37(40)39)27-16-14-25(15-17-27)26-18-21-31(22-19-26)41(30-10-3-2-4-11-30)34-13-7-9-28-8-5-6-12-32(28)34/h2-24H,1H3. The normalized spacial score (nSPS) is 11.3. The number of benzene rings is 6. The molecule has 0 amide bonds. The first kappa shape index (κ1) is 25.8. The maximum atomic E-state index is 3.70. The number of nitrogens with zero attached hydrogens (tertiary/aromatic N) is 2. The number of anilines is 3. The minimum absolute atomic E-state index is 1.05. The Morgan fingerprint density at radius 3 is 1.80 bits per heavy atom. The Labute approximate surface area is 256 Å². The van der Waals surface area contributed by atoms with Gasteiger partial charge in [-0.25, -0.2) is 0 Å². The summed E-state index contributed by atoms with van der Waals surface area (Å²) in [5.41, 5.74) is 9.41. The Kier molecular flexibility index (Phi) is 6.74. The lowest BCUT2D eigenvalue weighted by Gasteiger charge is -2.27. The zero-order chi connectivity index (χ0) is 27.9. The molecule has 198 valence electrons. The van der Waals surface area contributed by atoms with Crippen LogP contribution in [0.15, 0.2) is 149 Å². The highest BCUT2D eigenvalue weighted by Crippen LogP contribution is 2.40. The van der Waals surface area contributed by atoms with Gasteiger partial charge in [0.25, 0.3) is 0 Å². The average molecular weight is 658 g/mol. The third-order valence-corrected chi connectivity index (χ3v) is 10.0. The topological polar surface area (TPSA) is 8.17 Å². The van der Waals surface area contributed by atoms with Gasteiger partial charge < -0.3 is 9.47 Å². The van der Waals surface area contributed by atoms with Crippen molar-refractivity contribution in [3.8, 4) is 22.3 Å². The molecule has 7 aromatic rings. The van der Waals surface area contributed by atoms with Crippen molar-refractivity contribution in [1.82, 2.24) is 4.57 Å². The molecule has 0 saturated heterocycles. The van der Waals surface area contributed by atoms with Gasteiger partial charge in [0, 0.05) is 29.2 Å². The van der Waals surface area contributed by atoms with Gasteiger partial charge >= 0.3 is 0 Å². The molecule has 0 N–H and O–H groups in total. The number of rotatable bonds is 5. The number of hydrogen-bond donors (Lipinski definition) is 0. The van der Waals surface area contributed by atoms with Crippen molar-refractivity contribution in [2.45, 2.75) is 0 Å². The van der Waals surface area contributed by atoms with Crippen molar-refractivity contribution in [2.75, 3.05) is 4.90 Å². The maximum absolute atomic E-state index is 3.70. The molecule has 0 saturated carbocycles. The molecule has 0 aliphatic carbocycles. The molecule has 0 bridgehead atoms. The molecule has 0 fully saturated rings. The van der Waals surface area contributed by atoms with Gasteiger partial charge in [-0.15, -0.1) is 0 Å². The first-order valence-electron chi connectivity index (χ1n) is 13.6. The molecular formula is C37H26Br2N2. The maximum Gasteiger partial charge on any atom is 0.0999 e. The minimum atomic E-state index is 1.05. The number of aryl methyl sites for hydroxylation is 1. The van der Waals surface area contributed by atoms with Crippen molar-refractivity contribution in [2.24, 2.45) is 7.05 Å². The van der Waals surface area contributed by atoms with Crippen LogP contribution in [0.5, 0.6) is 0 Å². The molecule has 41 heavy (non-hydrogen) atoms. The van der Waals surface area contributed by atoms with E-state index in [1.54, 1.807) is 0 Å². The fourth-order valence-corrected chi connectivity index (χ4v) is 6.61. The van der Waals surface area contributed by atoms with Gasteiger partial charge in [-0.2, -0.15) is 0 Å². The summed E-state index contributed by atoms with van der Waals surface area (Å²) in [6.45, 7) is 0. The Hall–Kier alpha value is -4.12. The van der Waals surface area contributed by atoms with Gasteiger partial charge in [0.1, 0.15) is 0 Å². The molecule has 0 atom stereocenters. The van der Waals surface area contributed by atoms with Crippen molar-refractivity contribution < 1.29 is 0 Å². The molecule has 0 aliphatic heterocycles. The largest absolute Gasteiger partial charge is 0.337 e. The van der Waals surface area contributed by atoms with E-state index in [2.05, 4.69) is 188 Å². The predicted octanol–water partition coefficient (Wildman–Crippen LogP) is 11.7. The summed E-state index contributed by atoms with van der Waals surface area (Å²) in [6, 6.07) is 50.0. The second-order valence-corrected chi connectivity index (χ2v) is 11.7. The average Bonchev–Trinajstić information content (AvgIpc) is 3.25. The monoisotopic (exact) mass is 656 g/mol. The molecule has 2 nitrogen and oxygen atoms in total.